The minimum Gasteiger partial charge on any atom is -0.481 e. The van der Waals surface area contributed by atoms with Gasteiger partial charge in [-0.25, -0.2) is 4.98 Å². The van der Waals surface area contributed by atoms with E-state index < -0.39 is 11.4 Å². The number of carboxylic acid groups (broad SMARTS) is 1. The molecule has 6 heteroatoms. The van der Waals surface area contributed by atoms with Gasteiger partial charge >= 0.3 is 5.97 Å². The summed E-state index contributed by atoms with van der Waals surface area (Å²) in [6, 6.07) is 21.3. The number of nitrogens with zero attached hydrogens (tertiary/aromatic N) is 3. The van der Waals surface area contributed by atoms with Crippen molar-refractivity contribution < 1.29 is 9.90 Å². The highest BCUT2D eigenvalue weighted by molar-refractivity contribution is 6.03. The summed E-state index contributed by atoms with van der Waals surface area (Å²) in [6.07, 6.45) is 3.63. The quantitative estimate of drug-likeness (QED) is 0.408. The Bertz CT molecular complexity index is 1530. The van der Waals surface area contributed by atoms with Gasteiger partial charge in [0.2, 0.25) is 0 Å². The highest BCUT2D eigenvalue weighted by atomic mass is 16.4. The summed E-state index contributed by atoms with van der Waals surface area (Å²) in [6.45, 7) is 3.42. The number of rotatable bonds is 4. The first-order valence-corrected chi connectivity index (χ1v) is 10.2. The van der Waals surface area contributed by atoms with Crippen LogP contribution in [0.4, 0.5) is 0 Å². The summed E-state index contributed by atoms with van der Waals surface area (Å²) in [4.78, 5) is 20.0. The van der Waals surface area contributed by atoms with Crippen LogP contribution in [0.5, 0.6) is 0 Å². The van der Waals surface area contributed by atoms with Gasteiger partial charge in [-0.15, -0.1) is 0 Å². The van der Waals surface area contributed by atoms with Gasteiger partial charge in [-0.3, -0.25) is 9.20 Å². The van der Waals surface area contributed by atoms with Gasteiger partial charge in [0.1, 0.15) is 11.1 Å². The van der Waals surface area contributed by atoms with E-state index in [1.807, 2.05) is 59.1 Å². The standard InChI is InChI=1S/C26H20N4O2/c1-26(2,25(31)32)24-22(18-5-3-4-6-20(18)29-24)19-11-12-21-28-13-14-30(21)23(19)17-9-7-16(15-27)8-10-17/h3-14,29H,1-2H3,(H,31,32). The largest absolute Gasteiger partial charge is 0.481 e. The van der Waals surface area contributed by atoms with E-state index in [0.717, 1.165) is 38.9 Å². The molecule has 2 aromatic carbocycles. The normalized spacial score (nSPS) is 11.7. The number of carboxylic acids is 1. The molecule has 0 saturated heterocycles. The number of fused-ring (bicyclic) bond motifs is 2. The van der Waals surface area contributed by atoms with Crippen LogP contribution in [-0.4, -0.2) is 25.4 Å². The van der Waals surface area contributed by atoms with Crippen LogP contribution >= 0.6 is 0 Å². The Balaban J connectivity index is 1.91. The molecule has 0 aliphatic carbocycles. The van der Waals surface area contributed by atoms with Crippen molar-refractivity contribution in [2.24, 2.45) is 0 Å². The van der Waals surface area contributed by atoms with E-state index >= 15 is 0 Å². The van der Waals surface area contributed by atoms with Crippen LogP contribution in [0.25, 0.3) is 38.9 Å². The summed E-state index contributed by atoms with van der Waals surface area (Å²) in [5.74, 6) is -0.908. The number of nitriles is 1. The molecule has 6 nitrogen and oxygen atoms in total. The van der Waals surface area contributed by atoms with Crippen molar-refractivity contribution in [3.63, 3.8) is 0 Å². The summed E-state index contributed by atoms with van der Waals surface area (Å²) in [5.41, 5.74) is 5.28. The van der Waals surface area contributed by atoms with Crippen LogP contribution in [0.2, 0.25) is 0 Å². The zero-order chi connectivity index (χ0) is 22.5. The van der Waals surface area contributed by atoms with Gasteiger partial charge in [-0.2, -0.15) is 5.26 Å². The van der Waals surface area contributed by atoms with Crippen molar-refractivity contribution in [2.75, 3.05) is 0 Å². The maximum Gasteiger partial charge on any atom is 0.315 e. The number of aromatic nitrogens is 3. The second kappa shape index (κ2) is 7.10. The molecule has 5 aromatic rings. The van der Waals surface area contributed by atoms with E-state index in [9.17, 15) is 15.2 Å². The zero-order valence-electron chi connectivity index (χ0n) is 17.6. The highest BCUT2D eigenvalue weighted by Crippen LogP contribution is 2.43. The summed E-state index contributed by atoms with van der Waals surface area (Å²) < 4.78 is 2.00. The van der Waals surface area contributed by atoms with E-state index in [1.54, 1.807) is 32.2 Å². The number of aliphatic carboxylic acids is 1. The van der Waals surface area contributed by atoms with Gasteiger partial charge < -0.3 is 10.1 Å². The van der Waals surface area contributed by atoms with E-state index in [2.05, 4.69) is 16.0 Å². The van der Waals surface area contributed by atoms with Gasteiger partial charge in [-0.05, 0) is 49.7 Å². The molecule has 3 heterocycles. The Morgan fingerprint density at radius 2 is 1.84 bits per heavy atom. The van der Waals surface area contributed by atoms with Crippen molar-refractivity contribution in [2.45, 2.75) is 19.3 Å². The SMILES string of the molecule is CC(C)(C(=O)O)c1[nH]c2ccccc2c1-c1ccc2nccn2c1-c1ccc(C#N)cc1. The number of hydrogen-bond acceptors (Lipinski definition) is 3. The maximum absolute atomic E-state index is 12.2. The average Bonchev–Trinajstić information content (AvgIpc) is 3.43. The molecule has 0 radical (unpaired) electrons. The lowest BCUT2D eigenvalue weighted by atomic mass is 9.83. The minimum absolute atomic E-state index is 0.577. The Labute approximate surface area is 184 Å². The van der Waals surface area contributed by atoms with Crippen LogP contribution in [0.3, 0.4) is 0 Å². The van der Waals surface area contributed by atoms with Crippen LogP contribution < -0.4 is 0 Å². The lowest BCUT2D eigenvalue weighted by molar-refractivity contribution is -0.142. The van der Waals surface area contributed by atoms with E-state index in [-0.39, 0.29) is 0 Å². The second-order valence-corrected chi connectivity index (χ2v) is 8.29. The van der Waals surface area contributed by atoms with Gasteiger partial charge in [-0.1, -0.05) is 30.3 Å². The van der Waals surface area contributed by atoms with Gasteiger partial charge in [0.25, 0.3) is 0 Å². The van der Waals surface area contributed by atoms with E-state index in [4.69, 9.17) is 0 Å². The van der Waals surface area contributed by atoms with Crippen LogP contribution in [0, 0.1) is 11.3 Å². The number of benzene rings is 2. The number of aromatic amines is 1. The van der Waals surface area contributed by atoms with Crippen molar-refractivity contribution in [3.8, 4) is 28.5 Å². The van der Waals surface area contributed by atoms with Gasteiger partial charge in [0.05, 0.1) is 17.3 Å². The van der Waals surface area contributed by atoms with E-state index in [0.29, 0.717) is 11.3 Å². The van der Waals surface area contributed by atoms with Crippen LogP contribution in [-0.2, 0) is 10.2 Å². The van der Waals surface area contributed by atoms with E-state index in [1.165, 1.54) is 0 Å². The first kappa shape index (κ1) is 19.6. The molecule has 156 valence electrons. The Kier molecular flexibility index (Phi) is 4.35. The molecule has 0 bridgehead atoms. The fraction of sp³-hybridized carbons (Fsp3) is 0.115. The first-order chi connectivity index (χ1) is 15.4. The highest BCUT2D eigenvalue weighted by Gasteiger charge is 2.35. The first-order valence-electron chi connectivity index (χ1n) is 10.2. The summed E-state index contributed by atoms with van der Waals surface area (Å²) in [5, 5.41) is 20.2. The summed E-state index contributed by atoms with van der Waals surface area (Å²) in [7, 11) is 0. The molecule has 0 saturated carbocycles. The number of H-pyrrole nitrogens is 1. The fourth-order valence-electron chi connectivity index (χ4n) is 4.19. The topological polar surface area (TPSA) is 94.2 Å². The average molecular weight is 420 g/mol. The third-order valence-electron chi connectivity index (χ3n) is 5.99. The van der Waals surface area contributed by atoms with Crippen molar-refractivity contribution >= 4 is 22.5 Å². The van der Waals surface area contributed by atoms with Gasteiger partial charge in [0, 0.05) is 40.1 Å². The van der Waals surface area contributed by atoms with Crippen molar-refractivity contribution in [1.82, 2.24) is 14.4 Å². The molecule has 0 spiro atoms. The number of nitrogens with one attached hydrogen (secondary N) is 1. The molecule has 0 amide bonds. The number of carbonyl (C=O) groups is 1. The molecule has 0 atom stereocenters. The molecule has 0 unspecified atom stereocenters. The molecule has 5 rings (SSSR count). The van der Waals surface area contributed by atoms with Crippen molar-refractivity contribution in [3.05, 3.63) is 84.3 Å². The molecule has 2 N–H and O–H groups in total. The fourth-order valence-corrected chi connectivity index (χ4v) is 4.19. The van der Waals surface area contributed by atoms with Crippen LogP contribution in [0.15, 0.2) is 73.1 Å². The Morgan fingerprint density at radius 3 is 2.56 bits per heavy atom. The lowest BCUT2D eigenvalue weighted by Crippen LogP contribution is -2.29. The Hall–Kier alpha value is -4.37. The molecule has 0 fully saturated rings. The monoisotopic (exact) mass is 420 g/mol. The zero-order valence-corrected chi connectivity index (χ0v) is 17.6. The van der Waals surface area contributed by atoms with Crippen molar-refractivity contribution in [1.29, 1.82) is 5.26 Å². The molecule has 0 aliphatic rings. The summed E-state index contributed by atoms with van der Waals surface area (Å²) >= 11 is 0. The lowest BCUT2D eigenvalue weighted by Gasteiger charge is -2.22. The molecule has 3 aromatic heterocycles. The smallest absolute Gasteiger partial charge is 0.315 e. The third kappa shape index (κ3) is 2.87. The number of hydrogen-bond donors (Lipinski definition) is 2. The number of imidazole rings is 1. The van der Waals surface area contributed by atoms with Gasteiger partial charge in [0.15, 0.2) is 0 Å². The second-order valence-electron chi connectivity index (χ2n) is 8.29. The molecular formula is C26H20N4O2. The third-order valence-corrected chi connectivity index (χ3v) is 5.99. The number of para-hydroxylation sites is 1. The maximum atomic E-state index is 12.2. The molecule has 32 heavy (non-hydrogen) atoms. The Morgan fingerprint density at radius 1 is 1.09 bits per heavy atom. The predicted octanol–water partition coefficient (Wildman–Crippen LogP) is 5.38. The minimum atomic E-state index is -1.14. The number of pyridine rings is 1. The van der Waals surface area contributed by atoms with Crippen LogP contribution in [0.1, 0.15) is 25.1 Å². The molecular weight excluding hydrogens is 400 g/mol. The molecule has 0 aliphatic heterocycles. The predicted molar refractivity (Wildman–Crippen MR) is 123 cm³/mol.